The first kappa shape index (κ1) is 12.0. The van der Waals surface area contributed by atoms with Crippen molar-refractivity contribution in [3.8, 4) is 0 Å². The molecule has 0 aliphatic heterocycles. The van der Waals surface area contributed by atoms with E-state index in [1.807, 2.05) is 31.1 Å². The molecule has 0 spiro atoms. The van der Waals surface area contributed by atoms with E-state index in [2.05, 4.69) is 20.6 Å². The first-order valence-corrected chi connectivity index (χ1v) is 6.23. The van der Waals surface area contributed by atoms with Gasteiger partial charge in [0.2, 0.25) is 0 Å². The van der Waals surface area contributed by atoms with E-state index in [0.29, 0.717) is 12.6 Å². The minimum atomic E-state index is 0.586. The number of nitrogens with one attached hydrogen (secondary N) is 2. The van der Waals surface area contributed by atoms with Crippen molar-refractivity contribution in [2.24, 2.45) is 12.0 Å². The number of aryl methyl sites for hydroxylation is 1. The summed E-state index contributed by atoms with van der Waals surface area (Å²) >= 11 is 0. The molecule has 0 unspecified atom stereocenters. The zero-order valence-corrected chi connectivity index (χ0v) is 10.6. The fourth-order valence-electron chi connectivity index (χ4n) is 2.19. The normalized spacial score (nSPS) is 17.4. The van der Waals surface area contributed by atoms with Crippen molar-refractivity contribution in [1.29, 1.82) is 0 Å². The van der Waals surface area contributed by atoms with E-state index in [1.54, 1.807) is 0 Å². The van der Waals surface area contributed by atoms with Crippen molar-refractivity contribution >= 4 is 5.96 Å². The summed E-state index contributed by atoms with van der Waals surface area (Å²) < 4.78 is 2.01. The lowest BCUT2D eigenvalue weighted by atomic mass is 10.2. The molecule has 5 heteroatoms. The maximum Gasteiger partial charge on any atom is 0.191 e. The van der Waals surface area contributed by atoms with Gasteiger partial charge in [-0.15, -0.1) is 0 Å². The van der Waals surface area contributed by atoms with Crippen LogP contribution in [0, 0.1) is 0 Å². The number of rotatable bonds is 3. The van der Waals surface area contributed by atoms with E-state index in [1.165, 1.54) is 25.7 Å². The Morgan fingerprint density at radius 3 is 2.88 bits per heavy atom. The molecule has 0 amide bonds. The first-order chi connectivity index (χ1) is 8.29. The fourth-order valence-corrected chi connectivity index (χ4v) is 2.19. The van der Waals surface area contributed by atoms with Crippen molar-refractivity contribution in [1.82, 2.24) is 20.2 Å². The molecule has 5 nitrogen and oxygen atoms in total. The number of hydrogen-bond acceptors (Lipinski definition) is 2. The van der Waals surface area contributed by atoms with Gasteiger partial charge < -0.3 is 15.2 Å². The molecule has 0 aromatic carbocycles. The predicted octanol–water partition coefficient (Wildman–Crippen LogP) is 1.03. The summed E-state index contributed by atoms with van der Waals surface area (Å²) in [5, 5.41) is 6.74. The molecule has 0 atom stereocenters. The molecule has 1 aliphatic carbocycles. The molecule has 94 valence electrons. The SMILES string of the molecule is CN=C(NCc1nccn1C)NC1CCCC1. The Hall–Kier alpha value is -1.52. The Kier molecular flexibility index (Phi) is 4.01. The third-order valence-electron chi connectivity index (χ3n) is 3.25. The summed E-state index contributed by atoms with van der Waals surface area (Å²) in [4.78, 5) is 8.51. The second kappa shape index (κ2) is 5.70. The zero-order valence-electron chi connectivity index (χ0n) is 10.6. The lowest BCUT2D eigenvalue weighted by Crippen LogP contribution is -2.42. The summed E-state index contributed by atoms with van der Waals surface area (Å²) in [5.41, 5.74) is 0. The van der Waals surface area contributed by atoms with E-state index in [0.717, 1.165) is 11.8 Å². The summed E-state index contributed by atoms with van der Waals surface area (Å²) in [5.74, 6) is 1.89. The smallest absolute Gasteiger partial charge is 0.191 e. The first-order valence-electron chi connectivity index (χ1n) is 6.23. The van der Waals surface area contributed by atoms with Crippen LogP contribution in [-0.4, -0.2) is 28.6 Å². The Morgan fingerprint density at radius 2 is 2.29 bits per heavy atom. The van der Waals surface area contributed by atoms with E-state index in [9.17, 15) is 0 Å². The van der Waals surface area contributed by atoms with Crippen LogP contribution in [0.2, 0.25) is 0 Å². The van der Waals surface area contributed by atoms with Crippen LogP contribution < -0.4 is 10.6 Å². The average Bonchev–Trinajstić information content (AvgIpc) is 2.96. The van der Waals surface area contributed by atoms with Gasteiger partial charge in [0.15, 0.2) is 5.96 Å². The highest BCUT2D eigenvalue weighted by Crippen LogP contribution is 2.17. The van der Waals surface area contributed by atoms with Crippen LogP contribution in [0.4, 0.5) is 0 Å². The summed E-state index contributed by atoms with van der Waals surface area (Å²) in [6.07, 6.45) is 8.92. The van der Waals surface area contributed by atoms with Gasteiger partial charge in [0.25, 0.3) is 0 Å². The molecule has 1 aromatic rings. The highest BCUT2D eigenvalue weighted by Gasteiger charge is 2.15. The molecule has 17 heavy (non-hydrogen) atoms. The number of hydrogen-bond donors (Lipinski definition) is 2. The van der Waals surface area contributed by atoms with E-state index < -0.39 is 0 Å². The van der Waals surface area contributed by atoms with Crippen molar-refractivity contribution in [3.05, 3.63) is 18.2 Å². The quantitative estimate of drug-likeness (QED) is 0.607. The van der Waals surface area contributed by atoms with Gasteiger partial charge in [-0.3, -0.25) is 4.99 Å². The van der Waals surface area contributed by atoms with Gasteiger partial charge >= 0.3 is 0 Å². The van der Waals surface area contributed by atoms with Gasteiger partial charge in [0, 0.05) is 32.5 Å². The van der Waals surface area contributed by atoms with E-state index in [4.69, 9.17) is 0 Å². The monoisotopic (exact) mass is 235 g/mol. The van der Waals surface area contributed by atoms with Gasteiger partial charge in [0.1, 0.15) is 5.82 Å². The van der Waals surface area contributed by atoms with Crippen molar-refractivity contribution in [3.63, 3.8) is 0 Å². The summed E-state index contributed by atoms with van der Waals surface area (Å²) in [6, 6.07) is 0.586. The molecule has 0 saturated heterocycles. The van der Waals surface area contributed by atoms with Crippen molar-refractivity contribution in [2.45, 2.75) is 38.3 Å². The second-order valence-electron chi connectivity index (χ2n) is 4.51. The fraction of sp³-hybridized carbons (Fsp3) is 0.667. The maximum atomic E-state index is 4.27. The van der Waals surface area contributed by atoms with Crippen LogP contribution in [0.15, 0.2) is 17.4 Å². The number of imidazole rings is 1. The molecule has 1 aromatic heterocycles. The third kappa shape index (κ3) is 3.22. The molecule has 1 heterocycles. The third-order valence-corrected chi connectivity index (χ3v) is 3.25. The molecule has 1 saturated carbocycles. The van der Waals surface area contributed by atoms with E-state index in [-0.39, 0.29) is 0 Å². The van der Waals surface area contributed by atoms with Crippen molar-refractivity contribution < 1.29 is 0 Å². The molecule has 1 fully saturated rings. The van der Waals surface area contributed by atoms with Gasteiger partial charge in [0.05, 0.1) is 6.54 Å². The lowest BCUT2D eigenvalue weighted by molar-refractivity contribution is 0.609. The molecule has 0 radical (unpaired) electrons. The van der Waals surface area contributed by atoms with Gasteiger partial charge in [-0.25, -0.2) is 4.98 Å². The summed E-state index contributed by atoms with van der Waals surface area (Å²) in [7, 11) is 3.81. The number of guanidine groups is 1. The van der Waals surface area contributed by atoms with Gasteiger partial charge in [-0.2, -0.15) is 0 Å². The Morgan fingerprint density at radius 1 is 1.53 bits per heavy atom. The van der Waals surface area contributed by atoms with Crippen LogP contribution in [0.3, 0.4) is 0 Å². The van der Waals surface area contributed by atoms with Crippen LogP contribution in [0.5, 0.6) is 0 Å². The van der Waals surface area contributed by atoms with Crippen LogP contribution in [-0.2, 0) is 13.6 Å². The van der Waals surface area contributed by atoms with Crippen LogP contribution in [0.1, 0.15) is 31.5 Å². The largest absolute Gasteiger partial charge is 0.354 e. The zero-order chi connectivity index (χ0) is 12.1. The topological polar surface area (TPSA) is 54.2 Å². The minimum absolute atomic E-state index is 0.586. The maximum absolute atomic E-state index is 4.27. The molecule has 2 N–H and O–H groups in total. The standard InChI is InChI=1S/C12H21N5/c1-13-12(16-10-5-3-4-6-10)15-9-11-14-7-8-17(11)2/h7-8,10H,3-6,9H2,1-2H3,(H2,13,15,16). The number of nitrogens with zero attached hydrogens (tertiary/aromatic N) is 3. The summed E-state index contributed by atoms with van der Waals surface area (Å²) in [6.45, 7) is 0.704. The van der Waals surface area contributed by atoms with Crippen LogP contribution >= 0.6 is 0 Å². The average molecular weight is 235 g/mol. The number of aliphatic imine (C=N–C) groups is 1. The highest BCUT2D eigenvalue weighted by molar-refractivity contribution is 5.79. The molecule has 2 rings (SSSR count). The second-order valence-corrected chi connectivity index (χ2v) is 4.51. The van der Waals surface area contributed by atoms with Crippen molar-refractivity contribution in [2.75, 3.05) is 7.05 Å². The van der Waals surface area contributed by atoms with Gasteiger partial charge in [-0.1, -0.05) is 12.8 Å². The molecular weight excluding hydrogens is 214 g/mol. The molecule has 0 bridgehead atoms. The Labute approximate surface area is 102 Å². The van der Waals surface area contributed by atoms with E-state index >= 15 is 0 Å². The van der Waals surface area contributed by atoms with Gasteiger partial charge in [-0.05, 0) is 12.8 Å². The number of aromatic nitrogens is 2. The molecular formula is C12H21N5. The Bertz CT molecular complexity index is 376. The minimum Gasteiger partial charge on any atom is -0.354 e. The molecule has 1 aliphatic rings. The predicted molar refractivity (Wildman–Crippen MR) is 68.8 cm³/mol. The Balaban J connectivity index is 1.81. The highest BCUT2D eigenvalue weighted by atomic mass is 15.2. The van der Waals surface area contributed by atoms with Crippen LogP contribution in [0.25, 0.3) is 0 Å². The lowest BCUT2D eigenvalue weighted by Gasteiger charge is -2.16.